The van der Waals surface area contributed by atoms with Crippen LogP contribution in [0.3, 0.4) is 0 Å². The average Bonchev–Trinajstić information content (AvgIpc) is 3.61. The van der Waals surface area contributed by atoms with Crippen molar-refractivity contribution < 1.29 is 18.7 Å². The minimum atomic E-state index is -0.550. The Morgan fingerprint density at radius 1 is 1.08 bits per heavy atom. The summed E-state index contributed by atoms with van der Waals surface area (Å²) in [7, 11) is 7.56. The molecule has 254 valence electrons. The highest BCUT2D eigenvalue weighted by Crippen LogP contribution is 2.43. The van der Waals surface area contributed by atoms with E-state index in [2.05, 4.69) is 39.2 Å². The molecule has 2 aromatic heterocycles. The number of ether oxygens (including phenoxy) is 2. The first-order chi connectivity index (χ1) is 23.1. The molecule has 0 bridgehead atoms. The number of amides is 1. The Balaban J connectivity index is 1.22. The van der Waals surface area contributed by atoms with Gasteiger partial charge in [0, 0.05) is 54.4 Å². The van der Waals surface area contributed by atoms with Crippen LogP contribution in [0.4, 0.5) is 15.0 Å². The van der Waals surface area contributed by atoms with Gasteiger partial charge in [0.2, 0.25) is 0 Å². The summed E-state index contributed by atoms with van der Waals surface area (Å²) >= 11 is 6.63. The minimum Gasteiger partial charge on any atom is -0.461 e. The predicted molar refractivity (Wildman–Crippen MR) is 186 cm³/mol. The van der Waals surface area contributed by atoms with Crippen LogP contribution in [0, 0.1) is 5.82 Å². The first-order valence-corrected chi connectivity index (χ1v) is 17.2. The van der Waals surface area contributed by atoms with Crippen LogP contribution >= 0.6 is 11.6 Å². The largest absolute Gasteiger partial charge is 0.461 e. The normalized spacial score (nSPS) is 21.8. The van der Waals surface area contributed by atoms with E-state index in [0.29, 0.717) is 41.5 Å². The number of rotatable bonds is 10. The van der Waals surface area contributed by atoms with E-state index in [-0.39, 0.29) is 40.4 Å². The highest BCUT2D eigenvalue weighted by Gasteiger charge is 2.50. The summed E-state index contributed by atoms with van der Waals surface area (Å²) in [6.45, 7) is 2.25. The van der Waals surface area contributed by atoms with Crippen LogP contribution in [0.5, 0.6) is 6.01 Å². The van der Waals surface area contributed by atoms with E-state index in [0.717, 1.165) is 55.8 Å². The van der Waals surface area contributed by atoms with E-state index >= 15 is 4.39 Å². The maximum absolute atomic E-state index is 16.7. The van der Waals surface area contributed by atoms with Crippen molar-refractivity contribution in [3.05, 3.63) is 53.4 Å². The minimum absolute atomic E-state index is 0.00210. The van der Waals surface area contributed by atoms with Crippen molar-refractivity contribution in [1.29, 1.82) is 0 Å². The Morgan fingerprint density at radius 3 is 2.60 bits per heavy atom. The van der Waals surface area contributed by atoms with Gasteiger partial charge in [-0.25, -0.2) is 9.18 Å². The number of benzene rings is 2. The zero-order valence-electron chi connectivity index (χ0n) is 28.1. The number of aromatic nitrogens is 3. The highest BCUT2D eigenvalue weighted by atomic mass is 35.5. The molecule has 10 nitrogen and oxygen atoms in total. The van der Waals surface area contributed by atoms with E-state index in [4.69, 9.17) is 26.1 Å². The van der Waals surface area contributed by atoms with Gasteiger partial charge < -0.3 is 24.6 Å². The lowest BCUT2D eigenvalue weighted by Gasteiger charge is -2.47. The van der Waals surface area contributed by atoms with Crippen molar-refractivity contribution in [1.82, 2.24) is 29.7 Å². The van der Waals surface area contributed by atoms with Crippen LogP contribution in [0.1, 0.15) is 44.9 Å². The Hall–Kier alpha value is -3.80. The highest BCUT2D eigenvalue weighted by molar-refractivity contribution is 6.36. The van der Waals surface area contributed by atoms with Crippen molar-refractivity contribution in [2.75, 3.05) is 59.8 Å². The Morgan fingerprint density at radius 2 is 1.88 bits per heavy atom. The van der Waals surface area contributed by atoms with Gasteiger partial charge in [-0.3, -0.25) is 9.88 Å². The SMILES string of the molecule is CN(C)C(=O)OC[C@H]1CCC2(COc3nc(NCC4(N(C)C)CCC4)c4cnc(-c5cccc6cccc(Cl)c56)c(F)c4n3)CCCN12. The van der Waals surface area contributed by atoms with Crippen LogP contribution in [0.15, 0.2) is 42.6 Å². The smallest absolute Gasteiger partial charge is 0.409 e. The number of nitrogens with zero attached hydrogens (tertiary/aromatic N) is 6. The van der Waals surface area contributed by atoms with E-state index < -0.39 is 5.82 Å². The molecule has 2 atom stereocenters. The number of nitrogens with one attached hydrogen (secondary N) is 1. The fourth-order valence-corrected chi connectivity index (χ4v) is 8.10. The number of fused-ring (bicyclic) bond motifs is 3. The third-order valence-electron chi connectivity index (χ3n) is 10.9. The first kappa shape index (κ1) is 32.7. The van der Waals surface area contributed by atoms with Crippen molar-refractivity contribution in [3.63, 3.8) is 0 Å². The standard InChI is InChI=1S/C36H43ClFN7O3/c1-43(2)34(46)47-20-24-13-17-36(16-8-18-45(24)36)22-48-33-41-31-26(32(42-33)40-21-35(44(3)4)14-7-15-35)19-39-30(29(31)38)25-11-5-9-23-10-6-12-27(37)28(23)25/h5-6,9-12,19,24H,7-8,13-18,20-22H2,1-4H3,(H,40,41,42)/t24-,36?/m1/s1. The van der Waals surface area contributed by atoms with Gasteiger partial charge in [-0.05, 0) is 77.0 Å². The quantitative estimate of drug-likeness (QED) is 0.199. The second-order valence-electron chi connectivity index (χ2n) is 14.0. The number of likely N-dealkylation sites (N-methyl/N-ethyl adjacent to an activating group) is 1. The molecule has 1 unspecified atom stereocenters. The molecule has 4 aromatic rings. The molecule has 2 aromatic carbocycles. The first-order valence-electron chi connectivity index (χ1n) is 16.8. The molecule has 12 heteroatoms. The summed E-state index contributed by atoms with van der Waals surface area (Å²) in [5, 5.41) is 6.19. The van der Waals surface area contributed by atoms with E-state index in [1.807, 2.05) is 30.3 Å². The van der Waals surface area contributed by atoms with Crippen LogP contribution in [0.25, 0.3) is 32.9 Å². The Kier molecular flexibility index (Phi) is 8.80. The Bertz CT molecular complexity index is 1850. The molecule has 3 aliphatic rings. The molecule has 1 amide bonds. The summed E-state index contributed by atoms with van der Waals surface area (Å²) in [4.78, 5) is 32.3. The molecule has 2 aliphatic heterocycles. The summed E-state index contributed by atoms with van der Waals surface area (Å²) in [5.41, 5.74) is 0.699. The number of hydrogen-bond donors (Lipinski definition) is 1. The fourth-order valence-electron chi connectivity index (χ4n) is 7.82. The molecule has 0 radical (unpaired) electrons. The average molecular weight is 676 g/mol. The lowest BCUT2D eigenvalue weighted by molar-refractivity contribution is 0.0484. The molecule has 1 aliphatic carbocycles. The van der Waals surface area contributed by atoms with Gasteiger partial charge in [0.15, 0.2) is 5.82 Å². The molecule has 0 spiro atoms. The molecule has 4 heterocycles. The predicted octanol–water partition coefficient (Wildman–Crippen LogP) is 6.61. The summed E-state index contributed by atoms with van der Waals surface area (Å²) in [5.74, 6) is -0.0526. The van der Waals surface area contributed by atoms with Crippen molar-refractivity contribution in [2.45, 2.75) is 62.1 Å². The number of carbonyl (C=O) groups is 1. The van der Waals surface area contributed by atoms with Crippen molar-refractivity contribution in [3.8, 4) is 17.3 Å². The second-order valence-corrected chi connectivity index (χ2v) is 14.4. The molecule has 48 heavy (non-hydrogen) atoms. The number of hydrogen-bond acceptors (Lipinski definition) is 9. The fraction of sp³-hybridized carbons (Fsp3) is 0.500. The summed E-state index contributed by atoms with van der Waals surface area (Å²) < 4.78 is 28.7. The number of anilines is 1. The number of pyridine rings is 1. The molecular formula is C36H43ClFN7O3. The van der Waals surface area contributed by atoms with Crippen molar-refractivity contribution >= 4 is 45.2 Å². The lowest BCUT2D eigenvalue weighted by atomic mass is 9.75. The van der Waals surface area contributed by atoms with Gasteiger partial charge in [0.1, 0.15) is 30.2 Å². The van der Waals surface area contributed by atoms with Gasteiger partial charge in [-0.1, -0.05) is 41.9 Å². The van der Waals surface area contributed by atoms with Gasteiger partial charge in [0.25, 0.3) is 0 Å². The van der Waals surface area contributed by atoms with Crippen LogP contribution in [-0.4, -0.2) is 107 Å². The van der Waals surface area contributed by atoms with Gasteiger partial charge in [-0.15, -0.1) is 0 Å². The third-order valence-corrected chi connectivity index (χ3v) is 11.2. The molecular weight excluding hydrogens is 633 g/mol. The molecule has 1 N–H and O–H groups in total. The molecule has 7 rings (SSSR count). The van der Waals surface area contributed by atoms with Crippen LogP contribution in [0.2, 0.25) is 5.02 Å². The van der Waals surface area contributed by atoms with Crippen LogP contribution in [-0.2, 0) is 4.74 Å². The van der Waals surface area contributed by atoms with Gasteiger partial charge in [-0.2, -0.15) is 9.97 Å². The van der Waals surface area contributed by atoms with E-state index in [1.54, 1.807) is 26.4 Å². The third kappa shape index (κ3) is 5.79. The zero-order chi connectivity index (χ0) is 33.6. The van der Waals surface area contributed by atoms with E-state index in [9.17, 15) is 4.79 Å². The molecule has 2 saturated heterocycles. The Labute approximate surface area is 285 Å². The van der Waals surface area contributed by atoms with E-state index in [1.165, 1.54) is 11.3 Å². The van der Waals surface area contributed by atoms with Crippen molar-refractivity contribution in [2.24, 2.45) is 0 Å². The molecule has 1 saturated carbocycles. The monoisotopic (exact) mass is 675 g/mol. The second kappa shape index (κ2) is 12.9. The zero-order valence-corrected chi connectivity index (χ0v) is 28.8. The molecule has 3 fully saturated rings. The van der Waals surface area contributed by atoms with Gasteiger partial charge >= 0.3 is 12.1 Å². The number of carbonyl (C=O) groups excluding carboxylic acids is 1. The number of halogens is 2. The topological polar surface area (TPSA) is 96.0 Å². The van der Waals surface area contributed by atoms with Crippen LogP contribution < -0.4 is 10.1 Å². The lowest BCUT2D eigenvalue weighted by Crippen LogP contribution is -2.54. The maximum atomic E-state index is 16.7. The van der Waals surface area contributed by atoms with Gasteiger partial charge in [0.05, 0.1) is 10.9 Å². The maximum Gasteiger partial charge on any atom is 0.409 e. The summed E-state index contributed by atoms with van der Waals surface area (Å²) in [6, 6.07) is 11.5. The summed E-state index contributed by atoms with van der Waals surface area (Å²) in [6.07, 6.45) is 8.41.